The summed E-state index contributed by atoms with van der Waals surface area (Å²) in [4.78, 5) is 13.9. The summed E-state index contributed by atoms with van der Waals surface area (Å²) in [6.07, 6.45) is 0.0759. The molecular formula is C20H25FN2O3. The molecule has 1 unspecified atom stereocenters. The van der Waals surface area contributed by atoms with Crippen molar-refractivity contribution in [2.24, 2.45) is 0 Å². The smallest absolute Gasteiger partial charge is 0.238 e. The van der Waals surface area contributed by atoms with Crippen molar-refractivity contribution in [3.63, 3.8) is 0 Å². The van der Waals surface area contributed by atoms with Gasteiger partial charge in [0.25, 0.3) is 0 Å². The number of hydrogen-bond acceptors (Lipinski definition) is 4. The van der Waals surface area contributed by atoms with Gasteiger partial charge < -0.3 is 15.2 Å². The van der Waals surface area contributed by atoms with Crippen molar-refractivity contribution in [2.75, 3.05) is 32.1 Å². The second-order valence-corrected chi connectivity index (χ2v) is 6.17. The molecule has 6 heteroatoms. The van der Waals surface area contributed by atoms with Crippen LogP contribution in [0.5, 0.6) is 5.75 Å². The zero-order valence-electron chi connectivity index (χ0n) is 15.1. The summed E-state index contributed by atoms with van der Waals surface area (Å²) in [5.41, 5.74) is 1.89. The number of ether oxygens (including phenoxy) is 1. The number of likely N-dealkylation sites (N-methyl/N-ethyl adjacent to an activating group) is 1. The molecule has 0 bridgehead atoms. The van der Waals surface area contributed by atoms with Crippen LogP contribution in [-0.4, -0.2) is 48.8 Å². The van der Waals surface area contributed by atoms with E-state index in [9.17, 15) is 14.3 Å². The van der Waals surface area contributed by atoms with Crippen molar-refractivity contribution in [2.45, 2.75) is 19.4 Å². The molecule has 0 spiro atoms. The van der Waals surface area contributed by atoms with Gasteiger partial charge in [-0.25, -0.2) is 4.39 Å². The molecule has 0 heterocycles. The first kappa shape index (κ1) is 19.9. The average Bonchev–Trinajstić information content (AvgIpc) is 2.61. The number of carbonyl (C=O) groups excluding carboxylic acids is 1. The van der Waals surface area contributed by atoms with E-state index in [0.29, 0.717) is 5.75 Å². The number of aliphatic hydroxyl groups excluding tert-OH is 1. The highest BCUT2D eigenvalue weighted by Crippen LogP contribution is 2.15. The van der Waals surface area contributed by atoms with Crippen molar-refractivity contribution < 1.29 is 19.0 Å². The van der Waals surface area contributed by atoms with E-state index in [-0.39, 0.29) is 31.4 Å². The highest BCUT2D eigenvalue weighted by molar-refractivity contribution is 5.92. The number of para-hydroxylation sites is 1. The second-order valence-electron chi connectivity index (χ2n) is 6.17. The van der Waals surface area contributed by atoms with E-state index in [0.717, 1.165) is 17.7 Å². The maximum atomic E-state index is 12.8. The zero-order valence-corrected chi connectivity index (χ0v) is 15.1. The number of hydrogen-bond donors (Lipinski definition) is 2. The van der Waals surface area contributed by atoms with Gasteiger partial charge in [-0.15, -0.1) is 0 Å². The quantitative estimate of drug-likeness (QED) is 0.722. The number of benzene rings is 2. The largest absolute Gasteiger partial charge is 0.491 e. The molecule has 26 heavy (non-hydrogen) atoms. The molecule has 2 rings (SSSR count). The normalized spacial score (nSPS) is 12.0. The van der Waals surface area contributed by atoms with Crippen molar-refractivity contribution in [1.29, 1.82) is 0 Å². The lowest BCUT2D eigenvalue weighted by Gasteiger charge is -2.20. The Labute approximate surface area is 153 Å². The number of amides is 1. The van der Waals surface area contributed by atoms with E-state index < -0.39 is 6.10 Å². The predicted octanol–water partition coefficient (Wildman–Crippen LogP) is 2.70. The molecule has 0 radical (unpaired) electrons. The fourth-order valence-corrected chi connectivity index (χ4v) is 2.59. The minimum Gasteiger partial charge on any atom is -0.491 e. The van der Waals surface area contributed by atoms with Crippen molar-refractivity contribution in [1.82, 2.24) is 4.90 Å². The van der Waals surface area contributed by atoms with E-state index in [4.69, 9.17) is 4.74 Å². The van der Waals surface area contributed by atoms with Crippen LogP contribution < -0.4 is 10.1 Å². The average molecular weight is 360 g/mol. The minimum absolute atomic E-state index is 0.0657. The second kappa shape index (κ2) is 9.89. The molecule has 5 nitrogen and oxygen atoms in total. The predicted molar refractivity (Wildman–Crippen MR) is 99.8 cm³/mol. The van der Waals surface area contributed by atoms with Gasteiger partial charge in [-0.1, -0.05) is 25.1 Å². The van der Waals surface area contributed by atoms with Crippen molar-refractivity contribution in [3.05, 3.63) is 59.9 Å². The number of carbonyl (C=O) groups is 1. The van der Waals surface area contributed by atoms with Crippen LogP contribution in [0.25, 0.3) is 0 Å². The van der Waals surface area contributed by atoms with E-state index >= 15 is 0 Å². The van der Waals surface area contributed by atoms with Gasteiger partial charge in [-0.2, -0.15) is 0 Å². The van der Waals surface area contributed by atoms with Crippen LogP contribution in [0.3, 0.4) is 0 Å². The van der Waals surface area contributed by atoms with Crippen LogP contribution >= 0.6 is 0 Å². The third kappa shape index (κ3) is 6.46. The highest BCUT2D eigenvalue weighted by atomic mass is 19.1. The summed E-state index contributed by atoms with van der Waals surface area (Å²) in [6.45, 7) is 2.54. The SMILES string of the molecule is CCc1ccccc1NC(=O)CN(C)CC(O)COc1ccc(F)cc1. The van der Waals surface area contributed by atoms with Gasteiger partial charge >= 0.3 is 0 Å². The van der Waals surface area contributed by atoms with E-state index in [1.165, 1.54) is 24.3 Å². The molecule has 1 atom stereocenters. The molecule has 0 aromatic heterocycles. The van der Waals surface area contributed by atoms with E-state index in [1.54, 1.807) is 11.9 Å². The summed E-state index contributed by atoms with van der Waals surface area (Å²) in [5.74, 6) is 0.00959. The summed E-state index contributed by atoms with van der Waals surface area (Å²) in [7, 11) is 1.76. The van der Waals surface area contributed by atoms with Gasteiger partial charge in [-0.05, 0) is 49.4 Å². The monoisotopic (exact) mass is 360 g/mol. The van der Waals surface area contributed by atoms with Crippen molar-refractivity contribution in [3.8, 4) is 5.75 Å². The Morgan fingerprint density at radius 1 is 1.23 bits per heavy atom. The number of aliphatic hydroxyl groups is 1. The number of halogens is 1. The number of aryl methyl sites for hydroxylation is 1. The number of nitrogens with one attached hydrogen (secondary N) is 1. The topological polar surface area (TPSA) is 61.8 Å². The number of nitrogens with zero attached hydrogens (tertiary/aromatic N) is 1. The summed E-state index contributed by atoms with van der Waals surface area (Å²) in [6, 6.07) is 13.3. The van der Waals surface area contributed by atoms with Crippen LogP contribution in [-0.2, 0) is 11.2 Å². The van der Waals surface area contributed by atoms with Crippen molar-refractivity contribution >= 4 is 11.6 Å². The van der Waals surface area contributed by atoms with E-state index in [1.807, 2.05) is 31.2 Å². The Balaban J connectivity index is 1.75. The Hall–Kier alpha value is -2.44. The van der Waals surface area contributed by atoms with Gasteiger partial charge in [0.2, 0.25) is 5.91 Å². The molecule has 0 aliphatic carbocycles. The van der Waals surface area contributed by atoms with Gasteiger partial charge in [0.15, 0.2) is 0 Å². The fraction of sp³-hybridized carbons (Fsp3) is 0.350. The number of rotatable bonds is 9. The summed E-state index contributed by atoms with van der Waals surface area (Å²) >= 11 is 0. The molecule has 140 valence electrons. The minimum atomic E-state index is -0.763. The van der Waals surface area contributed by atoms with Gasteiger partial charge in [0.1, 0.15) is 24.3 Å². The first-order valence-corrected chi connectivity index (χ1v) is 8.60. The van der Waals surface area contributed by atoms with Crippen LogP contribution in [0.4, 0.5) is 10.1 Å². The lowest BCUT2D eigenvalue weighted by atomic mass is 10.1. The maximum Gasteiger partial charge on any atom is 0.238 e. The Morgan fingerprint density at radius 3 is 2.62 bits per heavy atom. The summed E-state index contributed by atoms with van der Waals surface area (Å²) < 4.78 is 18.2. The van der Waals surface area contributed by atoms with Crippen LogP contribution in [0, 0.1) is 5.82 Å². The zero-order chi connectivity index (χ0) is 18.9. The Morgan fingerprint density at radius 2 is 1.92 bits per heavy atom. The van der Waals surface area contributed by atoms with E-state index in [2.05, 4.69) is 5.32 Å². The lowest BCUT2D eigenvalue weighted by Crippen LogP contribution is -2.37. The van der Waals surface area contributed by atoms with Gasteiger partial charge in [0.05, 0.1) is 6.54 Å². The highest BCUT2D eigenvalue weighted by Gasteiger charge is 2.13. The Bertz CT molecular complexity index is 706. The standard InChI is InChI=1S/C20H25FN2O3/c1-3-15-6-4-5-7-19(15)22-20(25)13-23(2)12-17(24)14-26-18-10-8-16(21)9-11-18/h4-11,17,24H,3,12-14H2,1-2H3,(H,22,25). The van der Waals surface area contributed by atoms with Crippen LogP contribution in [0.15, 0.2) is 48.5 Å². The molecular weight excluding hydrogens is 335 g/mol. The molecule has 1 amide bonds. The molecule has 2 aromatic carbocycles. The summed E-state index contributed by atoms with van der Waals surface area (Å²) in [5, 5.41) is 12.9. The molecule has 0 fully saturated rings. The fourth-order valence-electron chi connectivity index (χ4n) is 2.59. The molecule has 0 saturated carbocycles. The third-order valence-electron chi connectivity index (χ3n) is 3.86. The lowest BCUT2D eigenvalue weighted by molar-refractivity contribution is -0.117. The third-order valence-corrected chi connectivity index (χ3v) is 3.86. The molecule has 0 aliphatic heterocycles. The molecule has 2 aromatic rings. The first-order chi connectivity index (χ1) is 12.5. The van der Waals surface area contributed by atoms with Crippen LogP contribution in [0.1, 0.15) is 12.5 Å². The molecule has 0 aliphatic rings. The Kier molecular flexibility index (Phi) is 7.56. The van der Waals surface area contributed by atoms with Gasteiger partial charge in [0, 0.05) is 12.2 Å². The first-order valence-electron chi connectivity index (χ1n) is 8.60. The maximum absolute atomic E-state index is 12.8. The molecule has 2 N–H and O–H groups in total. The molecule has 0 saturated heterocycles. The van der Waals surface area contributed by atoms with Crippen LogP contribution in [0.2, 0.25) is 0 Å². The number of anilines is 1. The van der Waals surface area contributed by atoms with Gasteiger partial charge in [-0.3, -0.25) is 9.69 Å².